The summed E-state index contributed by atoms with van der Waals surface area (Å²) >= 11 is 0. The number of piperidine rings is 1. The molecule has 20 heavy (non-hydrogen) atoms. The van der Waals surface area contributed by atoms with Crippen molar-refractivity contribution in [3.05, 3.63) is 17.8 Å². The van der Waals surface area contributed by atoms with Crippen LogP contribution >= 0.6 is 0 Å². The fourth-order valence-corrected chi connectivity index (χ4v) is 2.71. The lowest BCUT2D eigenvalue weighted by Gasteiger charge is -2.39. The molecule has 1 aromatic heterocycles. The Morgan fingerprint density at radius 1 is 1.55 bits per heavy atom. The molecule has 0 amide bonds. The van der Waals surface area contributed by atoms with Gasteiger partial charge in [0.2, 0.25) is 0 Å². The van der Waals surface area contributed by atoms with Crippen LogP contribution in [-0.4, -0.2) is 30.6 Å². The average molecular weight is 277 g/mol. The van der Waals surface area contributed by atoms with E-state index in [0.717, 1.165) is 19.5 Å². The van der Waals surface area contributed by atoms with E-state index >= 15 is 0 Å². The van der Waals surface area contributed by atoms with Crippen LogP contribution in [0, 0.1) is 5.41 Å². The Kier molecular flexibility index (Phi) is 4.16. The van der Waals surface area contributed by atoms with Crippen LogP contribution in [0.2, 0.25) is 0 Å². The van der Waals surface area contributed by atoms with Gasteiger partial charge in [0.15, 0.2) is 5.82 Å². The molecule has 5 heteroatoms. The summed E-state index contributed by atoms with van der Waals surface area (Å²) in [6, 6.07) is 1.62. The predicted molar refractivity (Wildman–Crippen MR) is 79.8 cm³/mol. The van der Waals surface area contributed by atoms with Gasteiger partial charge in [-0.3, -0.25) is 0 Å². The summed E-state index contributed by atoms with van der Waals surface area (Å²) in [5.41, 5.74) is 7.19. The van der Waals surface area contributed by atoms with Crippen LogP contribution in [0.5, 0.6) is 0 Å². The van der Waals surface area contributed by atoms with Gasteiger partial charge in [-0.15, -0.1) is 0 Å². The number of anilines is 2. The lowest BCUT2D eigenvalue weighted by atomic mass is 9.84. The Balaban J connectivity index is 2.28. The first-order valence-electron chi connectivity index (χ1n) is 7.11. The molecule has 0 atom stereocenters. The fourth-order valence-electron chi connectivity index (χ4n) is 2.71. The predicted octanol–water partition coefficient (Wildman–Crippen LogP) is 2.47. The van der Waals surface area contributed by atoms with Crippen LogP contribution in [0.1, 0.15) is 44.0 Å². The molecule has 0 saturated carbocycles. The van der Waals surface area contributed by atoms with E-state index in [4.69, 9.17) is 10.5 Å². The highest BCUT2D eigenvalue weighted by molar-refractivity contribution is 5.97. The van der Waals surface area contributed by atoms with Gasteiger partial charge in [-0.05, 0) is 31.2 Å². The van der Waals surface area contributed by atoms with Crippen molar-refractivity contribution < 1.29 is 9.53 Å². The SMILES string of the molecule is CCOC(=O)c1ccnc(N2CCCC(C)(C)C2)c1N. The molecule has 0 aromatic carbocycles. The van der Waals surface area contributed by atoms with Gasteiger partial charge in [0.1, 0.15) is 0 Å². The molecule has 110 valence electrons. The number of carbonyl (C=O) groups excluding carboxylic acids is 1. The van der Waals surface area contributed by atoms with E-state index in [0.29, 0.717) is 23.7 Å². The molecule has 1 aliphatic rings. The quantitative estimate of drug-likeness (QED) is 0.860. The molecule has 1 aromatic rings. The van der Waals surface area contributed by atoms with Crippen molar-refractivity contribution in [3.63, 3.8) is 0 Å². The van der Waals surface area contributed by atoms with Crippen molar-refractivity contribution in [3.8, 4) is 0 Å². The summed E-state index contributed by atoms with van der Waals surface area (Å²) < 4.78 is 5.03. The molecule has 0 unspecified atom stereocenters. The van der Waals surface area contributed by atoms with Gasteiger partial charge >= 0.3 is 5.97 Å². The second-order valence-electron chi connectivity index (χ2n) is 6.01. The van der Waals surface area contributed by atoms with Crippen molar-refractivity contribution in [1.82, 2.24) is 4.98 Å². The van der Waals surface area contributed by atoms with Crippen LogP contribution in [-0.2, 0) is 4.74 Å². The van der Waals surface area contributed by atoms with Crippen molar-refractivity contribution in [2.24, 2.45) is 5.41 Å². The molecule has 0 spiro atoms. The minimum atomic E-state index is -0.384. The van der Waals surface area contributed by atoms with E-state index in [1.54, 1.807) is 19.2 Å². The number of aromatic nitrogens is 1. The first-order valence-corrected chi connectivity index (χ1v) is 7.11. The number of carbonyl (C=O) groups is 1. The lowest BCUT2D eigenvalue weighted by Crippen LogP contribution is -2.41. The van der Waals surface area contributed by atoms with E-state index in [-0.39, 0.29) is 11.4 Å². The molecular weight excluding hydrogens is 254 g/mol. The second kappa shape index (κ2) is 5.69. The monoisotopic (exact) mass is 277 g/mol. The van der Waals surface area contributed by atoms with Crippen molar-refractivity contribution in [2.45, 2.75) is 33.6 Å². The molecule has 2 rings (SSSR count). The zero-order valence-corrected chi connectivity index (χ0v) is 12.5. The third-order valence-electron chi connectivity index (χ3n) is 3.66. The Morgan fingerprint density at radius 2 is 2.30 bits per heavy atom. The first kappa shape index (κ1) is 14.6. The number of pyridine rings is 1. The summed E-state index contributed by atoms with van der Waals surface area (Å²) in [5, 5.41) is 0. The average Bonchev–Trinajstić information content (AvgIpc) is 2.38. The largest absolute Gasteiger partial charge is 0.462 e. The lowest BCUT2D eigenvalue weighted by molar-refractivity contribution is 0.0527. The molecule has 0 bridgehead atoms. The summed E-state index contributed by atoms with van der Waals surface area (Å²) in [4.78, 5) is 18.4. The molecule has 5 nitrogen and oxygen atoms in total. The maximum atomic E-state index is 11.9. The van der Waals surface area contributed by atoms with Gasteiger partial charge in [-0.1, -0.05) is 13.8 Å². The first-order chi connectivity index (χ1) is 9.44. The van der Waals surface area contributed by atoms with E-state index < -0.39 is 0 Å². The third-order valence-corrected chi connectivity index (χ3v) is 3.66. The van der Waals surface area contributed by atoms with Crippen molar-refractivity contribution in [1.29, 1.82) is 0 Å². The van der Waals surface area contributed by atoms with Gasteiger partial charge < -0.3 is 15.4 Å². The maximum absolute atomic E-state index is 11.9. The van der Waals surface area contributed by atoms with Crippen molar-refractivity contribution >= 4 is 17.5 Å². The zero-order valence-electron chi connectivity index (χ0n) is 12.5. The second-order valence-corrected chi connectivity index (χ2v) is 6.01. The molecule has 0 aliphatic carbocycles. The standard InChI is InChI=1S/C15H23N3O2/c1-4-20-14(19)11-6-8-17-13(12(11)16)18-9-5-7-15(2,3)10-18/h6,8H,4-5,7,9-10,16H2,1-3H3. The Morgan fingerprint density at radius 3 is 2.95 bits per heavy atom. The molecule has 1 saturated heterocycles. The summed E-state index contributed by atoms with van der Waals surface area (Å²) in [5.74, 6) is 0.313. The van der Waals surface area contributed by atoms with Crippen LogP contribution < -0.4 is 10.6 Å². The van der Waals surface area contributed by atoms with E-state index in [2.05, 4.69) is 23.7 Å². The van der Waals surface area contributed by atoms with Gasteiger partial charge in [0.05, 0.1) is 17.9 Å². The Hall–Kier alpha value is -1.78. The highest BCUT2D eigenvalue weighted by atomic mass is 16.5. The van der Waals surface area contributed by atoms with E-state index in [1.807, 2.05) is 0 Å². The van der Waals surface area contributed by atoms with Crippen molar-refractivity contribution in [2.75, 3.05) is 30.3 Å². The molecular formula is C15H23N3O2. The smallest absolute Gasteiger partial charge is 0.340 e. The Labute approximate surface area is 120 Å². The normalized spacial score (nSPS) is 17.9. The number of nitrogens with two attached hydrogens (primary N) is 1. The summed E-state index contributed by atoms with van der Waals surface area (Å²) in [6.45, 7) is 8.43. The van der Waals surface area contributed by atoms with Crippen LogP contribution in [0.25, 0.3) is 0 Å². The summed E-state index contributed by atoms with van der Waals surface area (Å²) in [6.07, 6.45) is 3.93. The fraction of sp³-hybridized carbons (Fsp3) is 0.600. The number of esters is 1. The van der Waals surface area contributed by atoms with Gasteiger partial charge in [0, 0.05) is 19.3 Å². The molecule has 0 radical (unpaired) electrons. The minimum absolute atomic E-state index is 0.242. The Bertz CT molecular complexity index is 500. The topological polar surface area (TPSA) is 68.5 Å². The molecule has 1 fully saturated rings. The van der Waals surface area contributed by atoms with E-state index in [9.17, 15) is 4.79 Å². The number of rotatable bonds is 3. The number of hydrogen-bond donors (Lipinski definition) is 1. The number of hydrogen-bond acceptors (Lipinski definition) is 5. The highest BCUT2D eigenvalue weighted by Gasteiger charge is 2.29. The van der Waals surface area contributed by atoms with Crippen LogP contribution in [0.4, 0.5) is 11.5 Å². The third kappa shape index (κ3) is 3.03. The number of ether oxygens (including phenoxy) is 1. The van der Waals surface area contributed by atoms with Gasteiger partial charge in [-0.2, -0.15) is 0 Å². The van der Waals surface area contributed by atoms with Crippen LogP contribution in [0.15, 0.2) is 12.3 Å². The highest BCUT2D eigenvalue weighted by Crippen LogP contribution is 2.33. The molecule has 2 N–H and O–H groups in total. The molecule has 1 aliphatic heterocycles. The summed E-state index contributed by atoms with van der Waals surface area (Å²) in [7, 11) is 0. The maximum Gasteiger partial charge on any atom is 0.340 e. The van der Waals surface area contributed by atoms with Gasteiger partial charge in [0.25, 0.3) is 0 Å². The number of nitrogen functional groups attached to an aromatic ring is 1. The number of nitrogens with zero attached hydrogens (tertiary/aromatic N) is 2. The molecule has 2 heterocycles. The van der Waals surface area contributed by atoms with E-state index in [1.165, 1.54) is 6.42 Å². The van der Waals surface area contributed by atoms with Gasteiger partial charge in [-0.25, -0.2) is 9.78 Å². The zero-order chi connectivity index (χ0) is 14.8. The van der Waals surface area contributed by atoms with Crippen LogP contribution in [0.3, 0.4) is 0 Å². The minimum Gasteiger partial charge on any atom is -0.462 e.